The molecule has 5 nitrogen and oxygen atoms in total. The first-order chi connectivity index (χ1) is 13.5. The Balaban J connectivity index is 1.79. The molecular formula is C23H26N4O. The van der Waals surface area contributed by atoms with E-state index in [1.165, 1.54) is 11.1 Å². The maximum absolute atomic E-state index is 10.6. The van der Waals surface area contributed by atoms with Crippen LogP contribution in [0, 0.1) is 0 Å². The molecule has 0 aliphatic heterocycles. The Labute approximate surface area is 166 Å². The summed E-state index contributed by atoms with van der Waals surface area (Å²) in [6.07, 6.45) is 6.59. The number of pyridine rings is 1. The van der Waals surface area contributed by atoms with E-state index in [0.717, 1.165) is 42.2 Å². The molecule has 1 aromatic carbocycles. The molecule has 4 rings (SSSR count). The smallest absolute Gasteiger partial charge is 0.161 e. The third-order valence-corrected chi connectivity index (χ3v) is 4.94. The summed E-state index contributed by atoms with van der Waals surface area (Å²) in [4.78, 5) is 16.1. The van der Waals surface area contributed by atoms with Crippen molar-refractivity contribution in [2.75, 3.05) is 11.4 Å². The van der Waals surface area contributed by atoms with Gasteiger partial charge in [0.1, 0.15) is 5.82 Å². The first-order valence-corrected chi connectivity index (χ1v) is 9.81. The van der Waals surface area contributed by atoms with Gasteiger partial charge in [-0.1, -0.05) is 30.3 Å². The Hall–Kier alpha value is -2.79. The summed E-state index contributed by atoms with van der Waals surface area (Å²) in [5.41, 5.74) is 3.68. The molecule has 1 aliphatic carbocycles. The monoisotopic (exact) mass is 374 g/mol. The van der Waals surface area contributed by atoms with Crippen molar-refractivity contribution in [2.45, 2.75) is 45.3 Å². The zero-order chi connectivity index (χ0) is 19.6. The normalized spacial score (nSPS) is 13.4. The van der Waals surface area contributed by atoms with Crippen molar-refractivity contribution >= 4 is 5.82 Å². The van der Waals surface area contributed by atoms with Crippen LogP contribution in [0.25, 0.3) is 11.4 Å². The molecular weight excluding hydrogens is 348 g/mol. The van der Waals surface area contributed by atoms with Gasteiger partial charge < -0.3 is 10.0 Å². The standard InChI is InChI=1S/C23H26N4O/c1-23(2,28)16-27(15-17-7-4-3-5-8-17)22-19-9-6-10-20(19)25-21(26-22)18-11-13-24-14-12-18/h3-5,7-8,11-14,28H,6,9-10,15-16H2,1-2H3. The third-order valence-electron chi connectivity index (χ3n) is 4.94. The molecule has 0 unspecified atom stereocenters. The molecule has 0 fully saturated rings. The van der Waals surface area contributed by atoms with Crippen molar-refractivity contribution in [1.82, 2.24) is 15.0 Å². The molecule has 0 saturated carbocycles. The second kappa shape index (κ2) is 7.68. The fraction of sp³-hybridized carbons (Fsp3) is 0.348. The van der Waals surface area contributed by atoms with Crippen molar-refractivity contribution < 1.29 is 5.11 Å². The predicted octanol–water partition coefficient (Wildman–Crippen LogP) is 3.80. The van der Waals surface area contributed by atoms with E-state index in [1.54, 1.807) is 12.4 Å². The molecule has 0 bridgehead atoms. The third kappa shape index (κ3) is 4.20. The molecule has 1 aliphatic rings. The van der Waals surface area contributed by atoms with E-state index in [1.807, 2.05) is 44.2 Å². The van der Waals surface area contributed by atoms with Crippen molar-refractivity contribution in [3.05, 3.63) is 71.7 Å². The Morgan fingerprint density at radius 1 is 1.00 bits per heavy atom. The highest BCUT2D eigenvalue weighted by molar-refractivity contribution is 5.61. The van der Waals surface area contributed by atoms with E-state index in [9.17, 15) is 5.11 Å². The molecule has 144 valence electrons. The van der Waals surface area contributed by atoms with Gasteiger partial charge in [-0.15, -0.1) is 0 Å². The van der Waals surface area contributed by atoms with Crippen LogP contribution >= 0.6 is 0 Å². The molecule has 5 heteroatoms. The van der Waals surface area contributed by atoms with Crippen molar-refractivity contribution in [1.29, 1.82) is 0 Å². The van der Waals surface area contributed by atoms with E-state index in [4.69, 9.17) is 9.97 Å². The fourth-order valence-electron chi connectivity index (χ4n) is 3.78. The lowest BCUT2D eigenvalue weighted by molar-refractivity contribution is 0.0867. The molecule has 0 radical (unpaired) electrons. The second-order valence-electron chi connectivity index (χ2n) is 8.04. The second-order valence-corrected chi connectivity index (χ2v) is 8.04. The number of nitrogens with zero attached hydrogens (tertiary/aromatic N) is 4. The van der Waals surface area contributed by atoms with Crippen LogP contribution in [0.3, 0.4) is 0 Å². The number of hydrogen-bond acceptors (Lipinski definition) is 5. The van der Waals surface area contributed by atoms with E-state index in [-0.39, 0.29) is 0 Å². The molecule has 3 aromatic rings. The summed E-state index contributed by atoms with van der Waals surface area (Å²) in [5, 5.41) is 10.6. The Morgan fingerprint density at radius 2 is 1.75 bits per heavy atom. The summed E-state index contributed by atoms with van der Waals surface area (Å²) in [6.45, 7) is 4.89. The van der Waals surface area contributed by atoms with Crippen LogP contribution in [-0.4, -0.2) is 32.2 Å². The number of aliphatic hydroxyl groups is 1. The minimum atomic E-state index is -0.831. The van der Waals surface area contributed by atoms with Gasteiger partial charge in [0.2, 0.25) is 0 Å². The van der Waals surface area contributed by atoms with Crippen LogP contribution in [0.2, 0.25) is 0 Å². The topological polar surface area (TPSA) is 62.1 Å². The van der Waals surface area contributed by atoms with Crippen LogP contribution in [0.15, 0.2) is 54.9 Å². The van der Waals surface area contributed by atoms with Crippen LogP contribution in [-0.2, 0) is 19.4 Å². The van der Waals surface area contributed by atoms with Gasteiger partial charge in [0.05, 0.1) is 5.60 Å². The van der Waals surface area contributed by atoms with E-state index < -0.39 is 5.60 Å². The number of aryl methyl sites for hydroxylation is 1. The highest BCUT2D eigenvalue weighted by Crippen LogP contribution is 2.32. The number of rotatable bonds is 6. The first kappa shape index (κ1) is 18.6. The van der Waals surface area contributed by atoms with Gasteiger partial charge in [0.25, 0.3) is 0 Å². The van der Waals surface area contributed by atoms with Gasteiger partial charge in [0.15, 0.2) is 5.82 Å². The molecule has 2 heterocycles. The Morgan fingerprint density at radius 3 is 2.46 bits per heavy atom. The summed E-state index contributed by atoms with van der Waals surface area (Å²) in [7, 11) is 0. The number of anilines is 1. The lowest BCUT2D eigenvalue weighted by Gasteiger charge is -2.31. The fourth-order valence-corrected chi connectivity index (χ4v) is 3.78. The molecule has 0 spiro atoms. The zero-order valence-corrected chi connectivity index (χ0v) is 16.5. The molecule has 2 aromatic heterocycles. The number of aromatic nitrogens is 3. The molecule has 28 heavy (non-hydrogen) atoms. The molecule has 0 saturated heterocycles. The lowest BCUT2D eigenvalue weighted by atomic mass is 10.1. The van der Waals surface area contributed by atoms with Crippen LogP contribution in [0.5, 0.6) is 0 Å². The minimum Gasteiger partial charge on any atom is -0.389 e. The molecule has 0 amide bonds. The highest BCUT2D eigenvalue weighted by atomic mass is 16.3. The number of fused-ring (bicyclic) bond motifs is 1. The van der Waals surface area contributed by atoms with Crippen LogP contribution in [0.1, 0.15) is 37.1 Å². The quantitative estimate of drug-likeness (QED) is 0.711. The van der Waals surface area contributed by atoms with Gasteiger partial charge in [0, 0.05) is 42.3 Å². The predicted molar refractivity (Wildman–Crippen MR) is 111 cm³/mol. The number of benzene rings is 1. The van der Waals surface area contributed by atoms with Crippen LogP contribution < -0.4 is 4.90 Å². The van der Waals surface area contributed by atoms with Gasteiger partial charge in [-0.3, -0.25) is 4.98 Å². The summed E-state index contributed by atoms with van der Waals surface area (Å²) >= 11 is 0. The summed E-state index contributed by atoms with van der Waals surface area (Å²) in [5.74, 6) is 1.67. The van der Waals surface area contributed by atoms with E-state index in [0.29, 0.717) is 13.1 Å². The minimum absolute atomic E-state index is 0.501. The summed E-state index contributed by atoms with van der Waals surface area (Å²) < 4.78 is 0. The van der Waals surface area contributed by atoms with E-state index in [2.05, 4.69) is 22.0 Å². The Bertz CT molecular complexity index is 936. The number of hydrogen-bond donors (Lipinski definition) is 1. The average Bonchev–Trinajstić information content (AvgIpc) is 3.16. The average molecular weight is 374 g/mol. The largest absolute Gasteiger partial charge is 0.389 e. The van der Waals surface area contributed by atoms with Gasteiger partial charge in [-0.05, 0) is 50.8 Å². The van der Waals surface area contributed by atoms with Gasteiger partial charge in [-0.2, -0.15) is 0 Å². The Kier molecular flexibility index (Phi) is 5.09. The van der Waals surface area contributed by atoms with E-state index >= 15 is 0 Å². The summed E-state index contributed by atoms with van der Waals surface area (Å²) in [6, 6.07) is 14.2. The lowest BCUT2D eigenvalue weighted by Crippen LogP contribution is -2.39. The highest BCUT2D eigenvalue weighted by Gasteiger charge is 2.27. The van der Waals surface area contributed by atoms with Gasteiger partial charge in [-0.25, -0.2) is 9.97 Å². The van der Waals surface area contributed by atoms with Gasteiger partial charge >= 0.3 is 0 Å². The SMILES string of the molecule is CC(C)(O)CN(Cc1ccccc1)c1nc(-c2ccncc2)nc2c1CCC2. The first-order valence-electron chi connectivity index (χ1n) is 9.81. The molecule has 0 atom stereocenters. The molecule has 1 N–H and O–H groups in total. The maximum Gasteiger partial charge on any atom is 0.161 e. The van der Waals surface area contributed by atoms with Crippen molar-refractivity contribution in [3.63, 3.8) is 0 Å². The maximum atomic E-state index is 10.6. The zero-order valence-electron chi connectivity index (χ0n) is 16.5. The van der Waals surface area contributed by atoms with Crippen LogP contribution in [0.4, 0.5) is 5.82 Å². The van der Waals surface area contributed by atoms with Crippen molar-refractivity contribution in [2.24, 2.45) is 0 Å². The van der Waals surface area contributed by atoms with Crippen molar-refractivity contribution in [3.8, 4) is 11.4 Å².